The molecule has 16 heavy (non-hydrogen) atoms. The zero-order chi connectivity index (χ0) is 11.0. The minimum Gasteiger partial charge on any atom is -0.506 e. The van der Waals surface area contributed by atoms with Crippen LogP contribution in [0.2, 0.25) is 0 Å². The minimum absolute atomic E-state index is 0.0108. The van der Waals surface area contributed by atoms with Crippen LogP contribution in [0, 0.1) is 0 Å². The maximum absolute atomic E-state index is 9.32. The Morgan fingerprint density at radius 1 is 1.38 bits per heavy atom. The lowest BCUT2D eigenvalue weighted by molar-refractivity contribution is -0.0370. The molecule has 2 aromatic heterocycles. The van der Waals surface area contributed by atoms with Gasteiger partial charge in [-0.25, -0.2) is 9.67 Å². The molecule has 0 aromatic carbocycles. The molecule has 3 heterocycles. The van der Waals surface area contributed by atoms with Gasteiger partial charge in [0.05, 0.1) is 12.4 Å². The molecule has 2 aromatic rings. The van der Waals surface area contributed by atoms with Crippen molar-refractivity contribution in [1.29, 1.82) is 0 Å². The zero-order valence-electron chi connectivity index (χ0n) is 8.83. The number of pyridine rings is 1. The summed E-state index contributed by atoms with van der Waals surface area (Å²) in [6.07, 6.45) is 6.37. The third-order valence-electron chi connectivity index (χ3n) is 2.85. The molecule has 0 spiro atoms. The maximum atomic E-state index is 9.32. The molecule has 3 rings (SSSR count). The van der Waals surface area contributed by atoms with E-state index in [9.17, 15) is 5.11 Å². The van der Waals surface area contributed by atoms with E-state index in [4.69, 9.17) is 4.74 Å². The molecule has 0 saturated carbocycles. The molecule has 5 nitrogen and oxygen atoms in total. The number of hydrogen-bond donors (Lipinski definition) is 1. The van der Waals surface area contributed by atoms with Crippen molar-refractivity contribution in [2.75, 3.05) is 6.61 Å². The average Bonchev–Trinajstić information content (AvgIpc) is 2.73. The number of ether oxygens (including phenoxy) is 1. The predicted octanol–water partition coefficient (Wildman–Crippen LogP) is 1.84. The second-order valence-electron chi connectivity index (χ2n) is 4.02. The molecule has 1 saturated heterocycles. The highest BCUT2D eigenvalue weighted by molar-refractivity contribution is 5.75. The van der Waals surface area contributed by atoms with Crippen LogP contribution in [-0.2, 0) is 4.74 Å². The van der Waals surface area contributed by atoms with Gasteiger partial charge in [0.2, 0.25) is 0 Å². The predicted molar refractivity (Wildman–Crippen MR) is 58.0 cm³/mol. The fraction of sp³-hybridized carbons (Fsp3) is 0.455. The van der Waals surface area contributed by atoms with Crippen LogP contribution in [0.15, 0.2) is 18.5 Å². The van der Waals surface area contributed by atoms with E-state index in [1.54, 1.807) is 16.9 Å². The van der Waals surface area contributed by atoms with Gasteiger partial charge in [-0.3, -0.25) is 0 Å². The van der Waals surface area contributed by atoms with Gasteiger partial charge in [0.1, 0.15) is 5.75 Å². The van der Waals surface area contributed by atoms with Gasteiger partial charge in [-0.1, -0.05) is 0 Å². The van der Waals surface area contributed by atoms with Gasteiger partial charge in [-0.2, -0.15) is 5.10 Å². The van der Waals surface area contributed by atoms with Gasteiger partial charge in [-0.15, -0.1) is 0 Å². The first-order chi connectivity index (χ1) is 7.84. The van der Waals surface area contributed by atoms with Gasteiger partial charge in [0, 0.05) is 12.0 Å². The number of aromatic hydroxyl groups is 1. The van der Waals surface area contributed by atoms with Crippen LogP contribution in [0.1, 0.15) is 25.5 Å². The Balaban J connectivity index is 2.03. The van der Waals surface area contributed by atoms with Crippen LogP contribution in [0.4, 0.5) is 0 Å². The number of fused-ring (bicyclic) bond motifs is 1. The minimum atomic E-state index is -0.0108. The van der Waals surface area contributed by atoms with E-state index < -0.39 is 0 Å². The highest BCUT2D eigenvalue weighted by atomic mass is 16.5. The Labute approximate surface area is 92.7 Å². The SMILES string of the molecule is Oc1cnc2c(cnn2C2CCCCO2)c1. The Kier molecular flexibility index (Phi) is 2.25. The average molecular weight is 219 g/mol. The molecule has 1 unspecified atom stereocenters. The lowest BCUT2D eigenvalue weighted by Gasteiger charge is -2.22. The van der Waals surface area contributed by atoms with Crippen LogP contribution < -0.4 is 0 Å². The Hall–Kier alpha value is -1.62. The number of rotatable bonds is 1. The van der Waals surface area contributed by atoms with Crippen molar-refractivity contribution < 1.29 is 9.84 Å². The molecule has 0 amide bonds. The van der Waals surface area contributed by atoms with Gasteiger partial charge in [-0.05, 0) is 25.3 Å². The standard InChI is InChI=1S/C11H13N3O2/c15-9-5-8-6-13-14(11(8)12-7-9)10-3-1-2-4-16-10/h5-7,10,15H,1-4H2. The van der Waals surface area contributed by atoms with Crippen molar-refractivity contribution in [2.45, 2.75) is 25.5 Å². The van der Waals surface area contributed by atoms with E-state index in [1.807, 2.05) is 0 Å². The lowest BCUT2D eigenvalue weighted by Crippen LogP contribution is -2.19. The molecular formula is C11H13N3O2. The van der Waals surface area contributed by atoms with Crippen LogP contribution >= 0.6 is 0 Å². The third kappa shape index (κ3) is 1.53. The monoisotopic (exact) mass is 219 g/mol. The fourth-order valence-electron chi connectivity index (χ4n) is 2.06. The molecule has 84 valence electrons. The maximum Gasteiger partial charge on any atom is 0.160 e. The summed E-state index contributed by atoms with van der Waals surface area (Å²) in [5, 5.41) is 14.4. The quantitative estimate of drug-likeness (QED) is 0.795. The summed E-state index contributed by atoms with van der Waals surface area (Å²) in [6, 6.07) is 1.66. The Bertz CT molecular complexity index is 503. The highest BCUT2D eigenvalue weighted by Crippen LogP contribution is 2.26. The molecule has 0 aliphatic carbocycles. The first kappa shape index (κ1) is 9.59. The van der Waals surface area contributed by atoms with Crippen molar-refractivity contribution in [3.8, 4) is 5.75 Å². The smallest absolute Gasteiger partial charge is 0.160 e. The Morgan fingerprint density at radius 2 is 2.31 bits per heavy atom. The van der Waals surface area contributed by atoms with E-state index in [0.717, 1.165) is 36.9 Å². The molecule has 1 aliphatic heterocycles. The molecular weight excluding hydrogens is 206 g/mol. The normalized spacial score (nSPS) is 21.4. The van der Waals surface area contributed by atoms with Crippen LogP contribution in [-0.4, -0.2) is 26.5 Å². The van der Waals surface area contributed by atoms with Gasteiger partial charge < -0.3 is 9.84 Å². The molecule has 0 bridgehead atoms. The van der Waals surface area contributed by atoms with Crippen LogP contribution in [0.5, 0.6) is 5.75 Å². The van der Waals surface area contributed by atoms with E-state index >= 15 is 0 Å². The van der Waals surface area contributed by atoms with Gasteiger partial charge in [0.25, 0.3) is 0 Å². The summed E-state index contributed by atoms with van der Waals surface area (Å²) in [7, 11) is 0. The van der Waals surface area contributed by atoms with Crippen molar-refractivity contribution in [1.82, 2.24) is 14.8 Å². The highest BCUT2D eigenvalue weighted by Gasteiger charge is 2.18. The molecule has 1 N–H and O–H groups in total. The Morgan fingerprint density at radius 3 is 3.12 bits per heavy atom. The molecule has 1 aliphatic rings. The van der Waals surface area contributed by atoms with Crippen LogP contribution in [0.25, 0.3) is 11.0 Å². The lowest BCUT2D eigenvalue weighted by atomic mass is 10.2. The summed E-state index contributed by atoms with van der Waals surface area (Å²) in [4.78, 5) is 4.19. The zero-order valence-corrected chi connectivity index (χ0v) is 8.83. The largest absolute Gasteiger partial charge is 0.506 e. The van der Waals surface area contributed by atoms with Crippen molar-refractivity contribution in [3.05, 3.63) is 18.5 Å². The van der Waals surface area contributed by atoms with E-state index in [0.29, 0.717) is 0 Å². The summed E-state index contributed by atoms with van der Waals surface area (Å²) in [5.41, 5.74) is 0.768. The van der Waals surface area contributed by atoms with E-state index in [2.05, 4.69) is 10.1 Å². The second-order valence-corrected chi connectivity index (χ2v) is 4.02. The van der Waals surface area contributed by atoms with Crippen molar-refractivity contribution in [2.24, 2.45) is 0 Å². The number of hydrogen-bond acceptors (Lipinski definition) is 4. The number of nitrogens with zero attached hydrogens (tertiary/aromatic N) is 3. The molecule has 1 fully saturated rings. The molecule has 5 heteroatoms. The van der Waals surface area contributed by atoms with E-state index in [1.165, 1.54) is 6.20 Å². The summed E-state index contributed by atoms with van der Waals surface area (Å²) >= 11 is 0. The number of aromatic nitrogens is 3. The van der Waals surface area contributed by atoms with Gasteiger partial charge >= 0.3 is 0 Å². The topological polar surface area (TPSA) is 60.2 Å². The first-order valence-corrected chi connectivity index (χ1v) is 5.48. The summed E-state index contributed by atoms with van der Waals surface area (Å²) < 4.78 is 7.46. The summed E-state index contributed by atoms with van der Waals surface area (Å²) in [5.74, 6) is 0.164. The van der Waals surface area contributed by atoms with E-state index in [-0.39, 0.29) is 12.0 Å². The first-order valence-electron chi connectivity index (χ1n) is 5.48. The fourth-order valence-corrected chi connectivity index (χ4v) is 2.06. The third-order valence-corrected chi connectivity index (χ3v) is 2.85. The van der Waals surface area contributed by atoms with Crippen molar-refractivity contribution in [3.63, 3.8) is 0 Å². The van der Waals surface area contributed by atoms with Crippen LogP contribution in [0.3, 0.4) is 0 Å². The molecule has 1 atom stereocenters. The summed E-state index contributed by atoms with van der Waals surface area (Å²) in [6.45, 7) is 0.782. The van der Waals surface area contributed by atoms with Crippen molar-refractivity contribution >= 4 is 11.0 Å². The molecule has 0 radical (unpaired) electrons. The van der Waals surface area contributed by atoms with Gasteiger partial charge in [0.15, 0.2) is 11.9 Å². The second kappa shape index (κ2) is 3.75.